The molecule has 28 heavy (non-hydrogen) atoms. The molecule has 7 nitrogen and oxygen atoms in total. The van der Waals surface area contributed by atoms with E-state index in [1.54, 1.807) is 4.90 Å². The van der Waals surface area contributed by atoms with Crippen LogP contribution >= 0.6 is 0 Å². The molecule has 3 heterocycles. The Bertz CT molecular complexity index is 722. The maximum absolute atomic E-state index is 12.4. The van der Waals surface area contributed by atoms with Crippen LogP contribution in [0.1, 0.15) is 37.7 Å². The predicted octanol–water partition coefficient (Wildman–Crippen LogP) is 2.80. The quantitative estimate of drug-likeness (QED) is 0.846. The minimum Gasteiger partial charge on any atom is -0.462 e. The standard InChI is InChI=1S/C21H29N3O4/c25-20(24-10-12-26-13-11-24)22-17-4-5-19-16(14-17)15-27-21(28-19)6-8-23(9-7-21)18-2-1-3-18/h4-5,14,18H,1-3,6-13,15H2,(H,22,25). The monoisotopic (exact) mass is 387 g/mol. The highest BCUT2D eigenvalue weighted by molar-refractivity contribution is 5.89. The summed E-state index contributed by atoms with van der Waals surface area (Å²) in [5.74, 6) is 0.402. The fraction of sp³-hybridized carbons (Fsp3) is 0.667. The molecule has 2 saturated heterocycles. The molecule has 1 saturated carbocycles. The number of anilines is 1. The van der Waals surface area contributed by atoms with E-state index in [2.05, 4.69) is 10.2 Å². The van der Waals surface area contributed by atoms with Gasteiger partial charge >= 0.3 is 6.03 Å². The zero-order chi connectivity index (χ0) is 19.0. The molecular formula is C21H29N3O4. The average molecular weight is 387 g/mol. The first kappa shape index (κ1) is 18.2. The van der Waals surface area contributed by atoms with E-state index in [-0.39, 0.29) is 6.03 Å². The molecule has 4 aliphatic rings. The van der Waals surface area contributed by atoms with E-state index in [0.29, 0.717) is 32.9 Å². The van der Waals surface area contributed by atoms with Gasteiger partial charge in [-0.2, -0.15) is 0 Å². The van der Waals surface area contributed by atoms with Gasteiger partial charge < -0.3 is 24.4 Å². The van der Waals surface area contributed by atoms with Crippen LogP contribution in [-0.4, -0.2) is 67.1 Å². The molecule has 0 bridgehead atoms. The normalized spacial score (nSPS) is 24.9. The topological polar surface area (TPSA) is 63.3 Å². The summed E-state index contributed by atoms with van der Waals surface area (Å²) in [6.07, 6.45) is 5.89. The summed E-state index contributed by atoms with van der Waals surface area (Å²) >= 11 is 0. The van der Waals surface area contributed by atoms with E-state index in [0.717, 1.165) is 49.0 Å². The van der Waals surface area contributed by atoms with Gasteiger partial charge in [0.05, 0.1) is 19.8 Å². The number of benzene rings is 1. The van der Waals surface area contributed by atoms with Crippen LogP contribution in [0, 0.1) is 0 Å². The van der Waals surface area contributed by atoms with Gasteiger partial charge in [0, 0.05) is 56.3 Å². The van der Waals surface area contributed by atoms with Gasteiger partial charge in [-0.15, -0.1) is 0 Å². The van der Waals surface area contributed by atoms with Crippen molar-refractivity contribution in [3.63, 3.8) is 0 Å². The second-order valence-corrected chi connectivity index (χ2v) is 8.27. The minimum absolute atomic E-state index is 0.0827. The summed E-state index contributed by atoms with van der Waals surface area (Å²) < 4.78 is 17.8. The molecule has 1 spiro atoms. The van der Waals surface area contributed by atoms with Crippen LogP contribution in [0.3, 0.4) is 0 Å². The Morgan fingerprint density at radius 1 is 1.11 bits per heavy atom. The third kappa shape index (κ3) is 3.58. The van der Waals surface area contributed by atoms with E-state index in [4.69, 9.17) is 14.2 Å². The number of carbonyl (C=O) groups is 1. The molecule has 5 rings (SSSR count). The summed E-state index contributed by atoms with van der Waals surface area (Å²) in [6.45, 7) is 5.08. The van der Waals surface area contributed by atoms with Crippen LogP contribution in [-0.2, 0) is 16.1 Å². The number of piperidine rings is 1. The number of ether oxygens (including phenoxy) is 3. The fourth-order valence-electron chi connectivity index (χ4n) is 4.51. The van der Waals surface area contributed by atoms with Gasteiger partial charge in [-0.05, 0) is 31.0 Å². The average Bonchev–Trinajstić information content (AvgIpc) is 2.69. The molecule has 0 radical (unpaired) electrons. The highest BCUT2D eigenvalue weighted by Gasteiger charge is 2.42. The number of urea groups is 1. The van der Waals surface area contributed by atoms with Gasteiger partial charge in [-0.3, -0.25) is 4.90 Å². The van der Waals surface area contributed by atoms with Crippen molar-refractivity contribution < 1.29 is 19.0 Å². The summed E-state index contributed by atoms with van der Waals surface area (Å²) in [4.78, 5) is 16.8. The highest BCUT2D eigenvalue weighted by Crippen LogP contribution is 2.40. The van der Waals surface area contributed by atoms with Crippen LogP contribution in [0.15, 0.2) is 18.2 Å². The van der Waals surface area contributed by atoms with Crippen LogP contribution in [0.4, 0.5) is 10.5 Å². The van der Waals surface area contributed by atoms with Gasteiger partial charge in [0.15, 0.2) is 0 Å². The van der Waals surface area contributed by atoms with Crippen LogP contribution in [0.5, 0.6) is 5.75 Å². The molecule has 3 aliphatic heterocycles. The number of rotatable bonds is 2. The van der Waals surface area contributed by atoms with Crippen LogP contribution in [0.2, 0.25) is 0 Å². The Kier molecular flexibility index (Phi) is 4.90. The third-order valence-corrected chi connectivity index (χ3v) is 6.55. The molecule has 1 N–H and O–H groups in total. The van der Waals surface area contributed by atoms with Gasteiger partial charge in [0.1, 0.15) is 5.75 Å². The largest absolute Gasteiger partial charge is 0.462 e. The van der Waals surface area contributed by atoms with Crippen LogP contribution < -0.4 is 10.1 Å². The maximum atomic E-state index is 12.4. The number of nitrogens with one attached hydrogen (secondary N) is 1. The molecule has 0 unspecified atom stereocenters. The lowest BCUT2D eigenvalue weighted by molar-refractivity contribution is -0.231. The molecule has 7 heteroatoms. The Balaban J connectivity index is 1.21. The van der Waals surface area contributed by atoms with Crippen molar-refractivity contribution >= 4 is 11.7 Å². The number of amides is 2. The van der Waals surface area contributed by atoms with E-state index in [9.17, 15) is 4.79 Å². The number of likely N-dealkylation sites (tertiary alicyclic amines) is 1. The molecule has 1 aromatic carbocycles. The molecule has 152 valence electrons. The molecule has 1 aliphatic carbocycles. The van der Waals surface area contributed by atoms with E-state index < -0.39 is 5.79 Å². The third-order valence-electron chi connectivity index (χ3n) is 6.55. The van der Waals surface area contributed by atoms with Crippen molar-refractivity contribution in [3.8, 4) is 5.75 Å². The first-order chi connectivity index (χ1) is 13.7. The zero-order valence-corrected chi connectivity index (χ0v) is 16.3. The molecule has 0 aromatic heterocycles. The predicted molar refractivity (Wildman–Crippen MR) is 104 cm³/mol. The molecule has 3 fully saturated rings. The number of carbonyl (C=O) groups excluding carboxylic acids is 1. The lowest BCUT2D eigenvalue weighted by Gasteiger charge is -2.47. The van der Waals surface area contributed by atoms with Crippen molar-refractivity contribution in [2.75, 3.05) is 44.7 Å². The Labute approximate surface area is 165 Å². The molecule has 0 atom stereocenters. The van der Waals surface area contributed by atoms with Crippen molar-refractivity contribution in [2.24, 2.45) is 0 Å². The number of nitrogens with zero attached hydrogens (tertiary/aromatic N) is 2. The summed E-state index contributed by atoms with van der Waals surface area (Å²) in [7, 11) is 0. The number of morpholine rings is 1. The van der Waals surface area contributed by atoms with Crippen molar-refractivity contribution in [1.29, 1.82) is 0 Å². The number of fused-ring (bicyclic) bond motifs is 1. The first-order valence-electron chi connectivity index (χ1n) is 10.5. The number of hydrogen-bond acceptors (Lipinski definition) is 5. The lowest BCUT2D eigenvalue weighted by Crippen LogP contribution is -2.54. The second kappa shape index (κ2) is 7.54. The zero-order valence-electron chi connectivity index (χ0n) is 16.3. The molecule has 1 aromatic rings. The van der Waals surface area contributed by atoms with E-state index >= 15 is 0 Å². The van der Waals surface area contributed by atoms with Crippen molar-refractivity contribution in [1.82, 2.24) is 9.80 Å². The fourth-order valence-corrected chi connectivity index (χ4v) is 4.51. The van der Waals surface area contributed by atoms with Gasteiger partial charge in [0.25, 0.3) is 0 Å². The summed E-state index contributed by atoms with van der Waals surface area (Å²) in [5, 5.41) is 2.98. The van der Waals surface area contributed by atoms with Gasteiger partial charge in [-0.25, -0.2) is 4.79 Å². The first-order valence-corrected chi connectivity index (χ1v) is 10.5. The highest BCUT2D eigenvalue weighted by atomic mass is 16.7. The maximum Gasteiger partial charge on any atom is 0.321 e. The number of hydrogen-bond donors (Lipinski definition) is 1. The van der Waals surface area contributed by atoms with E-state index in [1.807, 2.05) is 18.2 Å². The minimum atomic E-state index is -0.480. The smallest absolute Gasteiger partial charge is 0.321 e. The lowest BCUT2D eigenvalue weighted by atomic mass is 9.89. The van der Waals surface area contributed by atoms with E-state index in [1.165, 1.54) is 19.3 Å². The van der Waals surface area contributed by atoms with Crippen LogP contribution in [0.25, 0.3) is 0 Å². The Morgan fingerprint density at radius 2 is 1.89 bits per heavy atom. The Hall–Kier alpha value is -1.83. The molecular weight excluding hydrogens is 358 g/mol. The second-order valence-electron chi connectivity index (χ2n) is 8.27. The summed E-state index contributed by atoms with van der Waals surface area (Å²) in [5.41, 5.74) is 1.77. The Morgan fingerprint density at radius 3 is 2.61 bits per heavy atom. The SMILES string of the molecule is O=C(Nc1ccc2c(c1)COC1(CCN(C3CCC3)CC1)O2)N1CCOCC1. The van der Waals surface area contributed by atoms with Gasteiger partial charge in [0.2, 0.25) is 5.79 Å². The van der Waals surface area contributed by atoms with Crippen molar-refractivity contribution in [3.05, 3.63) is 23.8 Å². The summed E-state index contributed by atoms with van der Waals surface area (Å²) in [6, 6.07) is 6.54. The van der Waals surface area contributed by atoms with Crippen molar-refractivity contribution in [2.45, 2.75) is 50.5 Å². The van der Waals surface area contributed by atoms with Gasteiger partial charge in [-0.1, -0.05) is 6.42 Å². The molecule has 2 amide bonds.